The molecule has 0 aromatic heterocycles. The lowest BCUT2D eigenvalue weighted by Crippen LogP contribution is -2.40. The minimum Gasteiger partial charge on any atom is -0.311 e. The van der Waals surface area contributed by atoms with Gasteiger partial charge in [0, 0.05) is 12.1 Å². The highest BCUT2D eigenvalue weighted by Gasteiger charge is 2.20. The maximum atomic E-state index is 3.89. The molecule has 102 valence electrons. The van der Waals surface area contributed by atoms with E-state index >= 15 is 0 Å². The monoisotopic (exact) mass is 239 g/mol. The number of nitrogens with one attached hydrogen (secondary N) is 1. The molecule has 0 amide bonds. The Kier molecular flexibility index (Phi) is 7.92. The molecule has 1 heteroatoms. The quantitative estimate of drug-likeness (QED) is 0.492. The molecule has 1 nitrogen and oxygen atoms in total. The van der Waals surface area contributed by atoms with Crippen LogP contribution in [0.15, 0.2) is 0 Å². The third-order valence-corrected chi connectivity index (χ3v) is 4.35. The van der Waals surface area contributed by atoms with Crippen LogP contribution in [0.4, 0.5) is 0 Å². The summed E-state index contributed by atoms with van der Waals surface area (Å²) in [7, 11) is 0. The van der Waals surface area contributed by atoms with E-state index in [1.54, 1.807) is 0 Å². The minimum atomic E-state index is 0.720. The van der Waals surface area contributed by atoms with E-state index < -0.39 is 0 Å². The first-order valence-electron chi connectivity index (χ1n) is 8.00. The van der Waals surface area contributed by atoms with Gasteiger partial charge in [-0.2, -0.15) is 0 Å². The largest absolute Gasteiger partial charge is 0.311 e. The van der Waals surface area contributed by atoms with E-state index in [9.17, 15) is 0 Å². The van der Waals surface area contributed by atoms with Gasteiger partial charge in [-0.3, -0.25) is 0 Å². The van der Waals surface area contributed by atoms with Gasteiger partial charge in [0.25, 0.3) is 0 Å². The Balaban J connectivity index is 2.16. The van der Waals surface area contributed by atoms with E-state index in [0.717, 1.165) is 18.0 Å². The molecule has 3 atom stereocenters. The molecule has 0 radical (unpaired) electrons. The van der Waals surface area contributed by atoms with Gasteiger partial charge in [0.2, 0.25) is 0 Å². The summed E-state index contributed by atoms with van der Waals surface area (Å²) in [6, 6.07) is 1.51. The van der Waals surface area contributed by atoms with Gasteiger partial charge in [0.05, 0.1) is 0 Å². The zero-order valence-electron chi connectivity index (χ0n) is 12.3. The Bertz CT molecular complexity index is 178. The van der Waals surface area contributed by atoms with Crippen LogP contribution in [0, 0.1) is 5.92 Å². The molecule has 1 aliphatic carbocycles. The zero-order chi connectivity index (χ0) is 12.5. The maximum absolute atomic E-state index is 3.89. The zero-order valence-corrected chi connectivity index (χ0v) is 12.3. The first-order chi connectivity index (χ1) is 8.24. The van der Waals surface area contributed by atoms with E-state index in [4.69, 9.17) is 0 Å². The highest BCUT2D eigenvalue weighted by atomic mass is 14.9. The van der Waals surface area contributed by atoms with E-state index in [2.05, 4.69) is 26.1 Å². The first kappa shape index (κ1) is 15.0. The van der Waals surface area contributed by atoms with E-state index in [1.807, 2.05) is 0 Å². The van der Waals surface area contributed by atoms with Crippen molar-refractivity contribution in [3.05, 3.63) is 0 Å². The fraction of sp³-hybridized carbons (Fsp3) is 1.00. The lowest BCUT2D eigenvalue weighted by atomic mass is 9.95. The molecular weight excluding hydrogens is 206 g/mol. The Morgan fingerprint density at radius 3 is 2.59 bits per heavy atom. The van der Waals surface area contributed by atoms with Crippen LogP contribution in [0.25, 0.3) is 0 Å². The SMILES string of the molecule is CCCCCCC(C)NC1CCCCCC1C. The van der Waals surface area contributed by atoms with Crippen molar-refractivity contribution in [2.45, 2.75) is 97.1 Å². The van der Waals surface area contributed by atoms with Crippen molar-refractivity contribution in [1.29, 1.82) is 0 Å². The van der Waals surface area contributed by atoms with Crippen LogP contribution in [-0.2, 0) is 0 Å². The average Bonchev–Trinajstić information content (AvgIpc) is 2.51. The molecule has 0 aliphatic heterocycles. The van der Waals surface area contributed by atoms with Crippen LogP contribution < -0.4 is 5.32 Å². The predicted molar refractivity (Wildman–Crippen MR) is 77.4 cm³/mol. The van der Waals surface area contributed by atoms with Gasteiger partial charge in [0.1, 0.15) is 0 Å². The number of unbranched alkanes of at least 4 members (excludes halogenated alkanes) is 3. The van der Waals surface area contributed by atoms with Gasteiger partial charge >= 0.3 is 0 Å². The Morgan fingerprint density at radius 1 is 1.06 bits per heavy atom. The third-order valence-electron chi connectivity index (χ3n) is 4.35. The average molecular weight is 239 g/mol. The van der Waals surface area contributed by atoms with Gasteiger partial charge < -0.3 is 5.32 Å². The summed E-state index contributed by atoms with van der Waals surface area (Å²) in [5.74, 6) is 0.885. The van der Waals surface area contributed by atoms with Crippen LogP contribution in [0.1, 0.15) is 85.0 Å². The highest BCUT2D eigenvalue weighted by molar-refractivity contribution is 4.79. The minimum absolute atomic E-state index is 0.720. The van der Waals surface area contributed by atoms with E-state index in [0.29, 0.717) is 0 Å². The van der Waals surface area contributed by atoms with Gasteiger partial charge in [-0.1, -0.05) is 58.8 Å². The van der Waals surface area contributed by atoms with Crippen molar-refractivity contribution >= 4 is 0 Å². The first-order valence-corrected chi connectivity index (χ1v) is 8.00. The number of hydrogen-bond donors (Lipinski definition) is 1. The van der Waals surface area contributed by atoms with Gasteiger partial charge in [-0.25, -0.2) is 0 Å². The maximum Gasteiger partial charge on any atom is 0.00951 e. The van der Waals surface area contributed by atoms with Crippen LogP contribution in [0.5, 0.6) is 0 Å². The van der Waals surface area contributed by atoms with Crippen molar-refractivity contribution in [3.63, 3.8) is 0 Å². The van der Waals surface area contributed by atoms with E-state index in [1.165, 1.54) is 64.2 Å². The molecule has 1 rings (SSSR count). The van der Waals surface area contributed by atoms with Crippen molar-refractivity contribution in [1.82, 2.24) is 5.32 Å². The number of rotatable bonds is 7. The summed E-state index contributed by atoms with van der Waals surface area (Å²) in [6.07, 6.45) is 14.1. The summed E-state index contributed by atoms with van der Waals surface area (Å²) in [5.41, 5.74) is 0. The molecule has 0 spiro atoms. The van der Waals surface area contributed by atoms with Gasteiger partial charge in [0.15, 0.2) is 0 Å². The van der Waals surface area contributed by atoms with Gasteiger partial charge in [-0.15, -0.1) is 0 Å². The molecule has 1 aliphatic rings. The topological polar surface area (TPSA) is 12.0 Å². The molecule has 0 aromatic carbocycles. The fourth-order valence-electron chi connectivity index (χ4n) is 3.07. The lowest BCUT2D eigenvalue weighted by molar-refractivity contribution is 0.317. The van der Waals surface area contributed by atoms with Crippen molar-refractivity contribution in [2.75, 3.05) is 0 Å². The standard InChI is InChI=1S/C16H33N/c1-4-5-6-9-12-15(3)17-16-13-10-7-8-11-14(16)2/h14-17H,4-13H2,1-3H3. The normalized spacial score (nSPS) is 27.7. The Hall–Kier alpha value is -0.0400. The van der Waals surface area contributed by atoms with Crippen LogP contribution in [0.2, 0.25) is 0 Å². The second kappa shape index (κ2) is 8.97. The molecule has 0 bridgehead atoms. The number of hydrogen-bond acceptors (Lipinski definition) is 1. The molecule has 3 unspecified atom stereocenters. The molecule has 0 heterocycles. The van der Waals surface area contributed by atoms with Crippen LogP contribution in [-0.4, -0.2) is 12.1 Å². The Labute approximate surface area is 109 Å². The molecule has 17 heavy (non-hydrogen) atoms. The molecule has 1 saturated carbocycles. The second-order valence-electron chi connectivity index (χ2n) is 6.14. The summed E-state index contributed by atoms with van der Waals surface area (Å²) in [6.45, 7) is 7.10. The van der Waals surface area contributed by atoms with Gasteiger partial charge in [-0.05, 0) is 32.1 Å². The van der Waals surface area contributed by atoms with Crippen molar-refractivity contribution in [3.8, 4) is 0 Å². The lowest BCUT2D eigenvalue weighted by Gasteiger charge is -2.27. The smallest absolute Gasteiger partial charge is 0.00951 e. The summed E-state index contributed by atoms with van der Waals surface area (Å²) in [5, 5.41) is 3.89. The molecule has 1 fully saturated rings. The molecule has 1 N–H and O–H groups in total. The summed E-state index contributed by atoms with van der Waals surface area (Å²) < 4.78 is 0. The molecular formula is C16H33N. The van der Waals surface area contributed by atoms with Crippen molar-refractivity contribution in [2.24, 2.45) is 5.92 Å². The Morgan fingerprint density at radius 2 is 1.82 bits per heavy atom. The van der Waals surface area contributed by atoms with Crippen molar-refractivity contribution < 1.29 is 0 Å². The van der Waals surface area contributed by atoms with Crippen LogP contribution in [0.3, 0.4) is 0 Å². The third kappa shape index (κ3) is 6.45. The summed E-state index contributed by atoms with van der Waals surface area (Å²) >= 11 is 0. The predicted octanol–water partition coefficient (Wildman–Crippen LogP) is 4.90. The van der Waals surface area contributed by atoms with E-state index in [-0.39, 0.29) is 0 Å². The highest BCUT2D eigenvalue weighted by Crippen LogP contribution is 2.23. The fourth-order valence-corrected chi connectivity index (χ4v) is 3.07. The van der Waals surface area contributed by atoms with Crippen LogP contribution >= 0.6 is 0 Å². The molecule has 0 saturated heterocycles. The second-order valence-corrected chi connectivity index (χ2v) is 6.14. The summed E-state index contributed by atoms with van der Waals surface area (Å²) in [4.78, 5) is 0. The molecule has 0 aromatic rings.